The average molecular weight is 261 g/mol. The van der Waals surface area contributed by atoms with E-state index in [1.54, 1.807) is 0 Å². The predicted molar refractivity (Wildman–Crippen MR) is 77.8 cm³/mol. The average Bonchev–Trinajstić information content (AvgIpc) is 2.83. The maximum Gasteiger partial charge on any atom is 0.227 e. The Morgan fingerprint density at radius 1 is 1.42 bits per heavy atom. The number of amides is 1. The summed E-state index contributed by atoms with van der Waals surface area (Å²) >= 11 is 0. The highest BCUT2D eigenvalue weighted by atomic mass is 16.1. The molecule has 1 amide bonds. The van der Waals surface area contributed by atoms with Crippen molar-refractivity contribution in [2.45, 2.75) is 38.8 Å². The molecule has 1 aliphatic rings. The van der Waals surface area contributed by atoms with Gasteiger partial charge in [-0.2, -0.15) is 0 Å². The third kappa shape index (κ3) is 4.04. The molecular weight excluding hydrogens is 238 g/mol. The summed E-state index contributed by atoms with van der Waals surface area (Å²) in [6.07, 6.45) is 2.67. The lowest BCUT2D eigenvalue weighted by Gasteiger charge is -2.12. The molecule has 2 rings (SSSR count). The Morgan fingerprint density at radius 3 is 2.95 bits per heavy atom. The maximum atomic E-state index is 12.1. The van der Waals surface area contributed by atoms with Gasteiger partial charge in [-0.3, -0.25) is 4.79 Å². The van der Waals surface area contributed by atoms with E-state index >= 15 is 0 Å². The fourth-order valence-corrected chi connectivity index (χ4v) is 2.53. The number of hydrogen-bond donors (Lipinski definition) is 3. The topological polar surface area (TPSA) is 67.1 Å². The zero-order chi connectivity index (χ0) is 13.7. The molecule has 2 atom stereocenters. The van der Waals surface area contributed by atoms with Crippen LogP contribution in [-0.2, 0) is 11.3 Å². The quantitative estimate of drug-likeness (QED) is 0.758. The molecule has 0 heterocycles. The minimum atomic E-state index is 0.0763. The zero-order valence-corrected chi connectivity index (χ0v) is 11.5. The molecule has 0 saturated heterocycles. The third-order valence-electron chi connectivity index (χ3n) is 3.62. The second kappa shape index (κ2) is 6.68. The summed E-state index contributed by atoms with van der Waals surface area (Å²) in [6.45, 7) is 3.85. The van der Waals surface area contributed by atoms with Crippen LogP contribution in [0, 0.1) is 5.92 Å². The van der Waals surface area contributed by atoms with Gasteiger partial charge in [0.15, 0.2) is 0 Å². The monoisotopic (exact) mass is 261 g/mol. The van der Waals surface area contributed by atoms with E-state index in [9.17, 15) is 4.79 Å². The molecule has 2 unspecified atom stereocenters. The van der Waals surface area contributed by atoms with E-state index in [1.165, 1.54) is 5.56 Å². The number of nitrogens with two attached hydrogens (primary N) is 1. The van der Waals surface area contributed by atoms with Gasteiger partial charge >= 0.3 is 0 Å². The molecule has 0 aliphatic heterocycles. The first kappa shape index (κ1) is 14.0. The Balaban J connectivity index is 1.93. The summed E-state index contributed by atoms with van der Waals surface area (Å²) in [5.41, 5.74) is 7.91. The van der Waals surface area contributed by atoms with E-state index in [1.807, 2.05) is 18.2 Å². The van der Waals surface area contributed by atoms with Crippen molar-refractivity contribution in [1.29, 1.82) is 0 Å². The Hall–Kier alpha value is -1.39. The SMILES string of the molecule is CCNCc1cccc(NC(=O)C2CCC(N)C2)c1. The van der Waals surface area contributed by atoms with Gasteiger partial charge in [-0.15, -0.1) is 0 Å². The van der Waals surface area contributed by atoms with Gasteiger partial charge in [-0.25, -0.2) is 0 Å². The van der Waals surface area contributed by atoms with Crippen LogP contribution < -0.4 is 16.4 Å². The fourth-order valence-electron chi connectivity index (χ4n) is 2.53. The summed E-state index contributed by atoms with van der Waals surface area (Å²) in [5.74, 6) is 0.181. The van der Waals surface area contributed by atoms with Crippen LogP contribution in [0.25, 0.3) is 0 Å². The standard InChI is InChI=1S/C15H23N3O/c1-2-17-10-11-4-3-5-14(8-11)18-15(19)12-6-7-13(16)9-12/h3-5,8,12-13,17H,2,6-7,9-10,16H2,1H3,(H,18,19). The molecule has 0 spiro atoms. The van der Waals surface area contributed by atoms with Gasteiger partial charge in [0.05, 0.1) is 0 Å². The molecule has 0 bridgehead atoms. The number of carbonyl (C=O) groups excluding carboxylic acids is 1. The van der Waals surface area contributed by atoms with Gasteiger partial charge in [0, 0.05) is 24.2 Å². The molecule has 1 aromatic rings. The van der Waals surface area contributed by atoms with Crippen LogP contribution in [0.15, 0.2) is 24.3 Å². The number of carbonyl (C=O) groups is 1. The Morgan fingerprint density at radius 2 is 2.26 bits per heavy atom. The fraction of sp³-hybridized carbons (Fsp3) is 0.533. The lowest BCUT2D eigenvalue weighted by molar-refractivity contribution is -0.119. The van der Waals surface area contributed by atoms with E-state index in [-0.39, 0.29) is 17.9 Å². The summed E-state index contributed by atoms with van der Waals surface area (Å²) in [4.78, 5) is 12.1. The first-order valence-corrected chi connectivity index (χ1v) is 7.05. The number of benzene rings is 1. The Kier molecular flexibility index (Phi) is 4.93. The van der Waals surface area contributed by atoms with Crippen molar-refractivity contribution in [2.24, 2.45) is 11.7 Å². The second-order valence-electron chi connectivity index (χ2n) is 5.24. The van der Waals surface area contributed by atoms with Gasteiger partial charge in [0.1, 0.15) is 0 Å². The lowest BCUT2D eigenvalue weighted by atomic mass is 10.1. The summed E-state index contributed by atoms with van der Waals surface area (Å²) in [6, 6.07) is 8.18. The highest BCUT2D eigenvalue weighted by Gasteiger charge is 2.27. The molecule has 1 saturated carbocycles. The lowest BCUT2D eigenvalue weighted by Crippen LogP contribution is -2.23. The molecule has 19 heavy (non-hydrogen) atoms. The van der Waals surface area contributed by atoms with Crippen LogP contribution >= 0.6 is 0 Å². The van der Waals surface area contributed by atoms with Crippen molar-refractivity contribution in [3.8, 4) is 0 Å². The van der Waals surface area contributed by atoms with Gasteiger partial charge in [0.2, 0.25) is 5.91 Å². The summed E-state index contributed by atoms with van der Waals surface area (Å²) < 4.78 is 0. The first-order valence-electron chi connectivity index (χ1n) is 7.05. The van der Waals surface area contributed by atoms with Crippen molar-refractivity contribution < 1.29 is 4.79 Å². The van der Waals surface area contributed by atoms with Crippen LogP contribution in [0.2, 0.25) is 0 Å². The molecule has 104 valence electrons. The van der Waals surface area contributed by atoms with Crippen LogP contribution in [-0.4, -0.2) is 18.5 Å². The second-order valence-corrected chi connectivity index (χ2v) is 5.24. The predicted octanol–water partition coefficient (Wildman–Crippen LogP) is 1.86. The van der Waals surface area contributed by atoms with E-state index < -0.39 is 0 Å². The molecule has 0 radical (unpaired) electrons. The van der Waals surface area contributed by atoms with E-state index in [4.69, 9.17) is 5.73 Å². The van der Waals surface area contributed by atoms with Crippen LogP contribution in [0.5, 0.6) is 0 Å². The summed E-state index contributed by atoms with van der Waals surface area (Å²) in [7, 11) is 0. The highest BCUT2D eigenvalue weighted by Crippen LogP contribution is 2.25. The van der Waals surface area contributed by atoms with Gasteiger partial charge in [-0.05, 0) is 43.5 Å². The molecule has 1 fully saturated rings. The highest BCUT2D eigenvalue weighted by molar-refractivity contribution is 5.92. The van der Waals surface area contributed by atoms with Crippen LogP contribution in [0.1, 0.15) is 31.7 Å². The molecular formula is C15H23N3O. The minimum Gasteiger partial charge on any atom is -0.328 e. The van der Waals surface area contributed by atoms with Crippen molar-refractivity contribution in [1.82, 2.24) is 5.32 Å². The largest absolute Gasteiger partial charge is 0.328 e. The molecule has 4 N–H and O–H groups in total. The van der Waals surface area contributed by atoms with Crippen LogP contribution in [0.3, 0.4) is 0 Å². The molecule has 4 heteroatoms. The third-order valence-corrected chi connectivity index (χ3v) is 3.62. The summed E-state index contributed by atoms with van der Waals surface area (Å²) in [5, 5.41) is 6.28. The molecule has 4 nitrogen and oxygen atoms in total. The number of rotatable bonds is 5. The van der Waals surface area contributed by atoms with E-state index in [2.05, 4.69) is 23.6 Å². The molecule has 1 aromatic carbocycles. The zero-order valence-electron chi connectivity index (χ0n) is 11.5. The molecule has 0 aromatic heterocycles. The first-order chi connectivity index (χ1) is 9.19. The van der Waals surface area contributed by atoms with Gasteiger partial charge < -0.3 is 16.4 Å². The normalized spacial score (nSPS) is 22.4. The number of anilines is 1. The van der Waals surface area contributed by atoms with Crippen molar-refractivity contribution in [3.05, 3.63) is 29.8 Å². The van der Waals surface area contributed by atoms with Gasteiger partial charge in [-0.1, -0.05) is 19.1 Å². The van der Waals surface area contributed by atoms with E-state index in [0.717, 1.165) is 38.0 Å². The minimum absolute atomic E-state index is 0.0763. The van der Waals surface area contributed by atoms with Crippen LogP contribution in [0.4, 0.5) is 5.69 Å². The van der Waals surface area contributed by atoms with Crippen molar-refractivity contribution in [3.63, 3.8) is 0 Å². The van der Waals surface area contributed by atoms with E-state index in [0.29, 0.717) is 0 Å². The van der Waals surface area contributed by atoms with Crippen molar-refractivity contribution >= 4 is 11.6 Å². The molecule has 1 aliphatic carbocycles. The Bertz CT molecular complexity index is 433. The maximum absolute atomic E-state index is 12.1. The number of nitrogens with one attached hydrogen (secondary N) is 2. The Labute approximate surface area is 114 Å². The van der Waals surface area contributed by atoms with Crippen molar-refractivity contribution in [2.75, 3.05) is 11.9 Å². The smallest absolute Gasteiger partial charge is 0.227 e. The number of hydrogen-bond acceptors (Lipinski definition) is 3. The van der Waals surface area contributed by atoms with Gasteiger partial charge in [0.25, 0.3) is 0 Å².